The first-order valence-electron chi connectivity index (χ1n) is 26.9. The lowest BCUT2D eigenvalue weighted by Crippen LogP contribution is -2.55. The number of carbonyl (C=O) groups is 2. The molecule has 2 aliphatic rings. The number of amides is 2. The monoisotopic (exact) mass is 1170 g/mol. The number of hydrogen-bond donors (Lipinski definition) is 2. The molecule has 18 nitrogen and oxygen atoms in total. The smallest absolute Gasteiger partial charge is 0.433 e. The molecule has 0 bridgehead atoms. The molecule has 24 heteroatoms. The Labute approximate surface area is 480 Å². The van der Waals surface area contributed by atoms with Crippen LogP contribution in [-0.4, -0.2) is 164 Å². The second kappa shape index (κ2) is 24.9. The minimum Gasteiger partial charge on any atom is -0.497 e. The topological polar surface area (TPSA) is 185 Å². The predicted octanol–water partition coefficient (Wildman–Crippen LogP) is 9.24. The number of aromatic nitrogens is 6. The summed E-state index contributed by atoms with van der Waals surface area (Å²) < 4.78 is 108. The highest BCUT2D eigenvalue weighted by molar-refractivity contribution is 6.01. The molecule has 8 aromatic rings. The average Bonchev–Trinajstić information content (AvgIpc) is 1.95. The maximum atomic E-state index is 14.3. The Kier molecular flexibility index (Phi) is 17.8. The van der Waals surface area contributed by atoms with E-state index in [1.165, 1.54) is 28.1 Å². The van der Waals surface area contributed by atoms with Crippen LogP contribution in [0.2, 0.25) is 0 Å². The average molecular weight is 1170 g/mol. The van der Waals surface area contributed by atoms with Gasteiger partial charge in [-0.1, -0.05) is 24.3 Å². The van der Waals surface area contributed by atoms with Gasteiger partial charge in [0.2, 0.25) is 0 Å². The van der Waals surface area contributed by atoms with Gasteiger partial charge in [-0.15, -0.1) is 0 Å². The standard InChI is InChI=1S/2C30H32F3N5O4/c2*1-18-16-36(25(17-39)20-5-9-22(41-3)10-6-20)13-14-37(18)29(40)24-15-34-38-27(30(31,32)33)19(2)26(35-28(24)38)21-7-11-23(42-4)12-8-21/h2*5-12,15,18,25,39H,13-14,16-17H2,1-4H3/t18-,25+;18-,25-/m11/s1. The maximum Gasteiger partial charge on any atom is 0.433 e. The van der Waals surface area contributed by atoms with E-state index in [0.29, 0.717) is 82.4 Å². The zero-order valence-electron chi connectivity index (χ0n) is 47.4. The van der Waals surface area contributed by atoms with Crippen LogP contribution in [0.1, 0.15) is 80.3 Å². The Balaban J connectivity index is 0.000000202. The van der Waals surface area contributed by atoms with Crippen molar-refractivity contribution in [1.82, 2.24) is 48.8 Å². The van der Waals surface area contributed by atoms with Gasteiger partial charge in [-0.3, -0.25) is 19.4 Å². The highest BCUT2D eigenvalue weighted by Gasteiger charge is 2.42. The molecule has 0 aliphatic carbocycles. The summed E-state index contributed by atoms with van der Waals surface area (Å²) in [5.41, 5.74) is 0.440. The number of alkyl halides is 6. The molecule has 2 saturated heterocycles. The first kappa shape index (κ1) is 60.3. The van der Waals surface area contributed by atoms with E-state index in [-0.39, 0.29) is 82.3 Å². The summed E-state index contributed by atoms with van der Waals surface area (Å²) >= 11 is 0. The summed E-state index contributed by atoms with van der Waals surface area (Å²) in [7, 11) is 6.17. The number of benzene rings is 4. The summed E-state index contributed by atoms with van der Waals surface area (Å²) in [6, 6.07) is 26.9. The summed E-state index contributed by atoms with van der Waals surface area (Å²) in [5.74, 6) is 1.62. The number of hydrogen-bond acceptors (Lipinski definition) is 14. The van der Waals surface area contributed by atoms with E-state index in [9.17, 15) is 46.1 Å². The molecule has 2 aliphatic heterocycles. The van der Waals surface area contributed by atoms with Crippen LogP contribution < -0.4 is 18.9 Å². The number of aliphatic hydroxyl groups excluding tert-OH is 2. The fraction of sp³-hybridized carbons (Fsp3) is 0.367. The van der Waals surface area contributed by atoms with Gasteiger partial charge < -0.3 is 39.0 Å². The van der Waals surface area contributed by atoms with Crippen molar-refractivity contribution in [2.45, 2.75) is 64.2 Å². The normalized spacial score (nSPS) is 17.0. The first-order valence-corrected chi connectivity index (χ1v) is 26.9. The van der Waals surface area contributed by atoms with Gasteiger partial charge in [0.15, 0.2) is 22.7 Å². The molecule has 0 spiro atoms. The van der Waals surface area contributed by atoms with Crippen LogP contribution in [0, 0.1) is 13.8 Å². The third kappa shape index (κ3) is 12.1. The molecule has 2 fully saturated rings. The van der Waals surface area contributed by atoms with Gasteiger partial charge in [-0.25, -0.2) is 19.0 Å². The molecular formula is C60H64F6N10O8. The molecule has 2 amide bonds. The number of nitrogens with zero attached hydrogens (tertiary/aromatic N) is 10. The Morgan fingerprint density at radius 3 is 1.11 bits per heavy atom. The van der Waals surface area contributed by atoms with Crippen molar-refractivity contribution in [3.05, 3.63) is 154 Å². The molecule has 2 N–H and O–H groups in total. The summed E-state index contributed by atoms with van der Waals surface area (Å²) in [4.78, 5) is 44.1. The lowest BCUT2D eigenvalue weighted by atomic mass is 10.0. The van der Waals surface area contributed by atoms with E-state index in [1.807, 2.05) is 62.4 Å². The molecule has 0 saturated carbocycles. The molecule has 4 aromatic heterocycles. The van der Waals surface area contributed by atoms with Crippen LogP contribution >= 0.6 is 0 Å². The van der Waals surface area contributed by atoms with Crippen LogP contribution in [0.4, 0.5) is 26.3 Å². The quantitative estimate of drug-likeness (QED) is 0.0982. The van der Waals surface area contributed by atoms with Crippen molar-refractivity contribution in [2.24, 2.45) is 0 Å². The number of rotatable bonds is 14. The Morgan fingerprint density at radius 1 is 0.524 bits per heavy atom. The Hall–Kier alpha value is -8.32. The van der Waals surface area contributed by atoms with Crippen molar-refractivity contribution in [3.8, 4) is 45.5 Å². The molecule has 10 rings (SSSR count). The molecule has 0 unspecified atom stereocenters. The van der Waals surface area contributed by atoms with Gasteiger partial charge in [0.05, 0.1) is 77.5 Å². The predicted molar refractivity (Wildman–Crippen MR) is 299 cm³/mol. The van der Waals surface area contributed by atoms with Crippen LogP contribution in [0.3, 0.4) is 0 Å². The lowest BCUT2D eigenvalue weighted by molar-refractivity contribution is -0.144. The summed E-state index contributed by atoms with van der Waals surface area (Å²) in [6.07, 6.45) is -7.16. The zero-order valence-corrected chi connectivity index (χ0v) is 47.4. The number of halogens is 6. The Bertz CT molecular complexity index is 3380. The summed E-state index contributed by atoms with van der Waals surface area (Å²) in [6.45, 7) is 8.68. The largest absolute Gasteiger partial charge is 0.497 e. The van der Waals surface area contributed by atoms with Gasteiger partial charge in [0, 0.05) is 73.6 Å². The van der Waals surface area contributed by atoms with E-state index >= 15 is 0 Å². The van der Waals surface area contributed by atoms with E-state index in [4.69, 9.17) is 18.9 Å². The summed E-state index contributed by atoms with van der Waals surface area (Å²) in [5, 5.41) is 28.3. The molecule has 444 valence electrons. The van der Waals surface area contributed by atoms with Gasteiger partial charge in [-0.05, 0) is 112 Å². The van der Waals surface area contributed by atoms with Gasteiger partial charge >= 0.3 is 12.4 Å². The fourth-order valence-electron chi connectivity index (χ4n) is 11.1. The second-order valence-corrected chi connectivity index (χ2v) is 20.5. The van der Waals surface area contributed by atoms with Crippen molar-refractivity contribution >= 4 is 23.1 Å². The van der Waals surface area contributed by atoms with Crippen LogP contribution in [0.25, 0.3) is 33.8 Å². The Morgan fingerprint density at radius 2 is 0.833 bits per heavy atom. The van der Waals surface area contributed by atoms with Gasteiger partial charge in [-0.2, -0.15) is 36.5 Å². The first-order chi connectivity index (χ1) is 40.1. The maximum absolute atomic E-state index is 14.3. The third-order valence-corrected chi connectivity index (χ3v) is 15.6. The van der Waals surface area contributed by atoms with Gasteiger partial charge in [0.25, 0.3) is 11.8 Å². The third-order valence-electron chi connectivity index (χ3n) is 15.6. The van der Waals surface area contributed by atoms with E-state index in [0.717, 1.165) is 23.5 Å². The van der Waals surface area contributed by atoms with Crippen molar-refractivity contribution in [3.63, 3.8) is 0 Å². The minimum atomic E-state index is -4.74. The van der Waals surface area contributed by atoms with E-state index in [2.05, 4.69) is 30.0 Å². The van der Waals surface area contributed by atoms with Crippen LogP contribution in [0.5, 0.6) is 23.0 Å². The number of carbonyl (C=O) groups excluding carboxylic acids is 2. The van der Waals surface area contributed by atoms with E-state index < -0.39 is 35.6 Å². The second-order valence-electron chi connectivity index (χ2n) is 20.5. The molecule has 4 atom stereocenters. The van der Waals surface area contributed by atoms with E-state index in [1.54, 1.807) is 72.6 Å². The minimum absolute atomic E-state index is 0.00979. The molecule has 4 aromatic carbocycles. The highest BCUT2D eigenvalue weighted by atomic mass is 19.4. The SMILES string of the molecule is COc1ccc(-c2nc3c(C(=O)N4CCN([C@@H](CO)c5ccc(OC)cc5)C[C@H]4C)cnn3c(C(F)(F)F)c2C)cc1.COc1ccc(-c2nc3c(C(=O)N4CCN([C@H](CO)c5ccc(OC)cc5)C[C@H]4C)cnn3c(C(F)(F)F)c2C)cc1. The number of methoxy groups -OCH3 is 4. The van der Waals surface area contributed by atoms with Gasteiger partial charge in [0.1, 0.15) is 34.1 Å². The lowest BCUT2D eigenvalue weighted by Gasteiger charge is -2.43. The van der Waals surface area contributed by atoms with Crippen LogP contribution in [-0.2, 0) is 12.4 Å². The fourth-order valence-corrected chi connectivity index (χ4v) is 11.1. The number of fused-ring (bicyclic) bond motifs is 2. The molecular weight excluding hydrogens is 1100 g/mol. The zero-order chi connectivity index (χ0) is 60.4. The molecule has 84 heavy (non-hydrogen) atoms. The van der Waals surface area contributed by atoms with Crippen molar-refractivity contribution < 1.29 is 65.1 Å². The number of aliphatic hydroxyl groups is 2. The van der Waals surface area contributed by atoms with Crippen molar-refractivity contribution in [1.29, 1.82) is 0 Å². The van der Waals surface area contributed by atoms with Crippen LogP contribution in [0.15, 0.2) is 109 Å². The molecule has 6 heterocycles. The number of ether oxygens (including phenoxy) is 4. The highest BCUT2D eigenvalue weighted by Crippen LogP contribution is 2.40. The van der Waals surface area contributed by atoms with Crippen molar-refractivity contribution in [2.75, 3.05) is 80.9 Å². The number of piperazine rings is 2. The molecule has 0 radical (unpaired) electrons.